The molecule has 1 aromatic carbocycles. The molecule has 2 aromatic heterocycles. The molecule has 0 aliphatic carbocycles. The Hall–Kier alpha value is -2.34. The lowest BCUT2D eigenvalue weighted by Crippen LogP contribution is -2.25. The van der Waals surface area contributed by atoms with Crippen LogP contribution in [0, 0.1) is 6.92 Å². The Morgan fingerprint density at radius 1 is 1.32 bits per heavy atom. The topological polar surface area (TPSA) is 70.7 Å². The fourth-order valence-corrected chi connectivity index (χ4v) is 3.67. The van der Waals surface area contributed by atoms with Crippen molar-refractivity contribution in [3.63, 3.8) is 0 Å². The van der Waals surface area contributed by atoms with Crippen LogP contribution in [0.15, 0.2) is 41.8 Å². The Labute approximate surface area is 151 Å². The number of imidazole rings is 1. The monoisotopic (exact) mass is 354 g/mol. The summed E-state index contributed by atoms with van der Waals surface area (Å²) in [6.45, 7) is 6.13. The number of para-hydroxylation sites is 1. The Balaban J connectivity index is 1.77. The summed E-state index contributed by atoms with van der Waals surface area (Å²) in [5.74, 6) is 0.00933. The predicted molar refractivity (Wildman–Crippen MR) is 103 cm³/mol. The Bertz CT molecular complexity index is 857. The minimum absolute atomic E-state index is 0.00933. The molecular formula is C19H22N4OS. The number of nitrogens with zero attached hydrogens (tertiary/aromatic N) is 2. The molecule has 0 aliphatic heterocycles. The van der Waals surface area contributed by atoms with Crippen LogP contribution >= 0.6 is 11.8 Å². The number of pyridine rings is 1. The lowest BCUT2D eigenvalue weighted by molar-refractivity contribution is -0.115. The van der Waals surface area contributed by atoms with Crippen molar-refractivity contribution in [3.8, 4) is 0 Å². The van der Waals surface area contributed by atoms with Crippen LogP contribution in [0.4, 0.5) is 5.69 Å². The van der Waals surface area contributed by atoms with Crippen LogP contribution in [0.2, 0.25) is 0 Å². The fraction of sp³-hybridized carbons (Fsp3) is 0.316. The minimum atomic E-state index is -0.210. The van der Waals surface area contributed by atoms with Gasteiger partial charge in [-0.2, -0.15) is 0 Å². The number of nitrogens with one attached hydrogen (secondary N) is 2. The Morgan fingerprint density at radius 2 is 2.16 bits per heavy atom. The predicted octanol–water partition coefficient (Wildman–Crippen LogP) is 4.34. The van der Waals surface area contributed by atoms with Crippen LogP contribution in [0.5, 0.6) is 0 Å². The molecule has 25 heavy (non-hydrogen) atoms. The van der Waals surface area contributed by atoms with E-state index in [0.29, 0.717) is 0 Å². The standard InChI is InChI=1S/C19H22N4OS/c1-4-13-8-6-7-12(3)17(13)23-18(24)16(5-2)25-19-21-14-9-10-20-11-15(14)22-19/h6-11,16H,4-5H2,1-3H3,(H,21,22)(H,23,24)/t16-/m1/s1. The number of fused-ring (bicyclic) bond motifs is 1. The van der Waals surface area contributed by atoms with Crippen molar-refractivity contribution in [2.75, 3.05) is 5.32 Å². The SMILES string of the molecule is CCc1cccc(C)c1NC(=O)[C@@H](CC)Sc1nc2ccncc2[nH]1. The number of anilines is 1. The molecule has 2 heterocycles. The highest BCUT2D eigenvalue weighted by atomic mass is 32.2. The van der Waals surface area contributed by atoms with Crippen LogP contribution in [0.1, 0.15) is 31.4 Å². The largest absolute Gasteiger partial charge is 0.332 e. The highest BCUT2D eigenvalue weighted by Crippen LogP contribution is 2.28. The summed E-state index contributed by atoms with van der Waals surface area (Å²) in [4.78, 5) is 24.6. The molecule has 0 saturated heterocycles. The average Bonchev–Trinajstić information content (AvgIpc) is 3.03. The number of amides is 1. The van der Waals surface area contributed by atoms with E-state index >= 15 is 0 Å². The molecule has 0 unspecified atom stereocenters. The van der Waals surface area contributed by atoms with Crippen LogP contribution in [0.3, 0.4) is 0 Å². The molecule has 3 aromatic rings. The third-order valence-corrected chi connectivity index (χ3v) is 5.42. The molecule has 0 radical (unpaired) electrons. The number of hydrogen-bond donors (Lipinski definition) is 2. The van der Waals surface area contributed by atoms with Crippen LogP contribution in [-0.2, 0) is 11.2 Å². The quantitative estimate of drug-likeness (QED) is 0.646. The summed E-state index contributed by atoms with van der Waals surface area (Å²) < 4.78 is 0. The van der Waals surface area contributed by atoms with Gasteiger partial charge in [-0.25, -0.2) is 4.98 Å². The van der Waals surface area contributed by atoms with Crippen molar-refractivity contribution >= 4 is 34.4 Å². The summed E-state index contributed by atoms with van der Waals surface area (Å²) in [5.41, 5.74) is 4.92. The first-order chi connectivity index (χ1) is 12.1. The molecule has 1 atom stereocenters. The zero-order valence-electron chi connectivity index (χ0n) is 14.7. The van der Waals surface area contributed by atoms with Crippen molar-refractivity contribution in [2.45, 2.75) is 44.0 Å². The second kappa shape index (κ2) is 7.70. The molecule has 2 N–H and O–H groups in total. The summed E-state index contributed by atoms with van der Waals surface area (Å²) in [6.07, 6.45) is 5.07. The van der Waals surface area contributed by atoms with Gasteiger partial charge in [0.25, 0.3) is 0 Å². The number of H-pyrrole nitrogens is 1. The number of benzene rings is 1. The third-order valence-electron chi connectivity index (χ3n) is 4.17. The lowest BCUT2D eigenvalue weighted by Gasteiger charge is -2.17. The normalized spacial score (nSPS) is 12.3. The minimum Gasteiger partial charge on any atom is -0.332 e. The summed E-state index contributed by atoms with van der Waals surface area (Å²) in [5, 5.41) is 3.65. The van der Waals surface area contributed by atoms with Gasteiger partial charge in [0.1, 0.15) is 0 Å². The molecular weight excluding hydrogens is 332 g/mol. The highest BCUT2D eigenvalue weighted by molar-refractivity contribution is 8.00. The fourth-order valence-electron chi connectivity index (χ4n) is 2.75. The zero-order valence-corrected chi connectivity index (χ0v) is 15.5. The van der Waals surface area contributed by atoms with Gasteiger partial charge in [-0.15, -0.1) is 0 Å². The van der Waals surface area contributed by atoms with Gasteiger partial charge in [0.15, 0.2) is 5.16 Å². The van der Waals surface area contributed by atoms with Crippen molar-refractivity contribution in [1.29, 1.82) is 0 Å². The zero-order chi connectivity index (χ0) is 17.8. The van der Waals surface area contributed by atoms with E-state index in [1.54, 1.807) is 12.4 Å². The van der Waals surface area contributed by atoms with Crippen LogP contribution in [0.25, 0.3) is 11.0 Å². The number of aryl methyl sites for hydroxylation is 2. The first-order valence-electron chi connectivity index (χ1n) is 8.48. The molecule has 0 aliphatic rings. The van der Waals surface area contributed by atoms with Crippen molar-refractivity contribution in [3.05, 3.63) is 47.8 Å². The van der Waals surface area contributed by atoms with E-state index in [9.17, 15) is 4.79 Å². The van der Waals surface area contributed by atoms with Gasteiger partial charge in [0, 0.05) is 11.9 Å². The molecule has 0 saturated carbocycles. The van der Waals surface area contributed by atoms with Gasteiger partial charge in [-0.3, -0.25) is 9.78 Å². The molecule has 0 fully saturated rings. The van der Waals surface area contributed by atoms with Gasteiger partial charge in [0.2, 0.25) is 5.91 Å². The third kappa shape index (κ3) is 3.85. The Kier molecular flexibility index (Phi) is 5.38. The van der Waals surface area contributed by atoms with Crippen molar-refractivity contribution < 1.29 is 4.79 Å². The smallest absolute Gasteiger partial charge is 0.237 e. The van der Waals surface area contributed by atoms with Crippen molar-refractivity contribution in [2.24, 2.45) is 0 Å². The molecule has 5 nitrogen and oxygen atoms in total. The molecule has 6 heteroatoms. The average molecular weight is 354 g/mol. The number of hydrogen-bond acceptors (Lipinski definition) is 4. The summed E-state index contributed by atoms with van der Waals surface area (Å²) in [7, 11) is 0. The Morgan fingerprint density at radius 3 is 2.88 bits per heavy atom. The van der Waals surface area contributed by atoms with E-state index in [2.05, 4.69) is 33.3 Å². The van der Waals surface area contributed by atoms with E-state index in [1.165, 1.54) is 11.8 Å². The molecule has 0 bridgehead atoms. The molecule has 3 rings (SSSR count). The molecule has 0 spiro atoms. The first kappa shape index (κ1) is 17.5. The van der Waals surface area contributed by atoms with Crippen LogP contribution in [-0.4, -0.2) is 26.1 Å². The van der Waals surface area contributed by atoms with Gasteiger partial charge >= 0.3 is 0 Å². The van der Waals surface area contributed by atoms with E-state index < -0.39 is 0 Å². The number of thioether (sulfide) groups is 1. The summed E-state index contributed by atoms with van der Waals surface area (Å²) >= 11 is 1.45. The first-order valence-corrected chi connectivity index (χ1v) is 9.36. The number of carbonyl (C=O) groups is 1. The number of aromatic amines is 1. The van der Waals surface area contributed by atoms with Gasteiger partial charge in [-0.05, 0) is 37.0 Å². The maximum Gasteiger partial charge on any atom is 0.237 e. The van der Waals surface area contributed by atoms with Gasteiger partial charge in [0.05, 0.1) is 22.5 Å². The van der Waals surface area contributed by atoms with Gasteiger partial charge in [-0.1, -0.05) is 43.8 Å². The number of rotatable bonds is 6. The van der Waals surface area contributed by atoms with E-state index in [4.69, 9.17) is 0 Å². The van der Waals surface area contributed by atoms with Crippen molar-refractivity contribution in [1.82, 2.24) is 15.0 Å². The maximum atomic E-state index is 12.8. The second-order valence-electron chi connectivity index (χ2n) is 5.90. The maximum absolute atomic E-state index is 12.8. The second-order valence-corrected chi connectivity index (χ2v) is 7.09. The summed E-state index contributed by atoms with van der Waals surface area (Å²) in [6, 6.07) is 7.97. The van der Waals surface area contributed by atoms with Crippen LogP contribution < -0.4 is 5.32 Å². The molecule has 1 amide bonds. The number of aromatic nitrogens is 3. The van der Waals surface area contributed by atoms with E-state index in [0.717, 1.165) is 45.8 Å². The van der Waals surface area contributed by atoms with E-state index in [1.807, 2.05) is 32.0 Å². The molecule has 130 valence electrons. The highest BCUT2D eigenvalue weighted by Gasteiger charge is 2.21. The lowest BCUT2D eigenvalue weighted by atomic mass is 10.1. The van der Waals surface area contributed by atoms with E-state index in [-0.39, 0.29) is 11.2 Å². The van der Waals surface area contributed by atoms with Gasteiger partial charge < -0.3 is 10.3 Å². The number of carbonyl (C=O) groups excluding carboxylic acids is 1.